The molecule has 0 unspecified atom stereocenters. The van der Waals surface area contributed by atoms with E-state index in [0.717, 1.165) is 59.1 Å². The quantitative estimate of drug-likeness (QED) is 0.436. The highest BCUT2D eigenvalue weighted by molar-refractivity contribution is 7.15. The summed E-state index contributed by atoms with van der Waals surface area (Å²) in [6.45, 7) is 3.41. The molecule has 0 aliphatic carbocycles. The molecular formula is C22H19FN4OS2. The fourth-order valence-electron chi connectivity index (χ4n) is 3.27. The second-order valence-corrected chi connectivity index (χ2v) is 8.57. The lowest BCUT2D eigenvalue weighted by atomic mass is 10.2. The van der Waals surface area contributed by atoms with Crippen LogP contribution < -0.4 is 10.2 Å². The molecular weight excluding hydrogens is 419 g/mol. The minimum Gasteiger partial charge on any atom is -0.378 e. The Bertz CT molecular complexity index is 1120. The lowest BCUT2D eigenvalue weighted by molar-refractivity contribution is 0.122. The molecule has 5 rings (SSSR count). The predicted octanol–water partition coefficient (Wildman–Crippen LogP) is 5.65. The van der Waals surface area contributed by atoms with E-state index < -0.39 is 0 Å². The van der Waals surface area contributed by atoms with Crippen LogP contribution in [0.3, 0.4) is 0 Å². The topological polar surface area (TPSA) is 50.3 Å². The molecule has 1 aliphatic heterocycles. The van der Waals surface area contributed by atoms with Crippen molar-refractivity contribution >= 4 is 39.2 Å². The third-order valence-corrected chi connectivity index (χ3v) is 6.48. The van der Waals surface area contributed by atoms with Crippen LogP contribution in [0.4, 0.5) is 20.9 Å². The fraction of sp³-hybridized carbons (Fsp3) is 0.182. The maximum atomic E-state index is 13.1. The molecule has 30 heavy (non-hydrogen) atoms. The number of halogens is 1. The SMILES string of the molecule is Fc1ccc(-c2csc(-c3csc(Nc4ccc(N5CCOCC5)cc4)n3)n2)cc1. The smallest absolute Gasteiger partial charge is 0.187 e. The van der Waals surface area contributed by atoms with Gasteiger partial charge in [-0.1, -0.05) is 0 Å². The molecule has 1 aliphatic rings. The van der Waals surface area contributed by atoms with E-state index in [1.165, 1.54) is 29.2 Å². The van der Waals surface area contributed by atoms with Crippen LogP contribution >= 0.6 is 22.7 Å². The highest BCUT2D eigenvalue weighted by Crippen LogP contribution is 2.32. The number of nitrogens with zero attached hydrogens (tertiary/aromatic N) is 3. The zero-order chi connectivity index (χ0) is 20.3. The molecule has 2 aromatic heterocycles. The minimum absolute atomic E-state index is 0.248. The van der Waals surface area contributed by atoms with E-state index in [1.807, 2.05) is 10.8 Å². The third kappa shape index (κ3) is 4.21. The first kappa shape index (κ1) is 19.2. The number of ether oxygens (including phenoxy) is 1. The molecule has 2 aromatic carbocycles. The van der Waals surface area contributed by atoms with Crippen LogP contribution in [-0.4, -0.2) is 36.3 Å². The number of anilines is 3. The molecule has 8 heteroatoms. The van der Waals surface area contributed by atoms with Gasteiger partial charge in [-0.2, -0.15) is 0 Å². The number of nitrogens with one attached hydrogen (secondary N) is 1. The van der Waals surface area contributed by atoms with Crippen LogP contribution in [0.15, 0.2) is 59.3 Å². The molecule has 3 heterocycles. The lowest BCUT2D eigenvalue weighted by Crippen LogP contribution is -2.36. The molecule has 0 atom stereocenters. The zero-order valence-electron chi connectivity index (χ0n) is 16.0. The summed E-state index contributed by atoms with van der Waals surface area (Å²) in [5.41, 5.74) is 4.77. The Hall–Kier alpha value is -2.81. The van der Waals surface area contributed by atoms with Crippen LogP contribution in [0.25, 0.3) is 22.0 Å². The summed E-state index contributed by atoms with van der Waals surface area (Å²) in [6, 6.07) is 14.8. The Kier molecular flexibility index (Phi) is 5.44. The monoisotopic (exact) mass is 438 g/mol. The van der Waals surface area contributed by atoms with Gasteiger partial charge in [-0.3, -0.25) is 0 Å². The van der Waals surface area contributed by atoms with E-state index in [9.17, 15) is 4.39 Å². The summed E-state index contributed by atoms with van der Waals surface area (Å²) >= 11 is 3.08. The molecule has 5 nitrogen and oxygen atoms in total. The average Bonchev–Trinajstić information content (AvgIpc) is 3.45. The van der Waals surface area contributed by atoms with Crippen molar-refractivity contribution in [2.75, 3.05) is 36.5 Å². The van der Waals surface area contributed by atoms with E-state index in [2.05, 4.69) is 44.5 Å². The van der Waals surface area contributed by atoms with Crippen molar-refractivity contribution in [3.63, 3.8) is 0 Å². The summed E-state index contributed by atoms with van der Waals surface area (Å²) in [5, 5.41) is 9.01. The van der Waals surface area contributed by atoms with E-state index in [-0.39, 0.29) is 5.82 Å². The van der Waals surface area contributed by atoms with Gasteiger partial charge in [-0.15, -0.1) is 22.7 Å². The van der Waals surface area contributed by atoms with Crippen molar-refractivity contribution in [3.05, 3.63) is 65.1 Å². The lowest BCUT2D eigenvalue weighted by Gasteiger charge is -2.28. The molecule has 4 aromatic rings. The maximum absolute atomic E-state index is 13.1. The van der Waals surface area contributed by atoms with Gasteiger partial charge < -0.3 is 15.0 Å². The fourth-order valence-corrected chi connectivity index (χ4v) is 4.85. The van der Waals surface area contributed by atoms with Gasteiger partial charge in [0.2, 0.25) is 0 Å². The number of benzene rings is 2. The van der Waals surface area contributed by atoms with Gasteiger partial charge >= 0.3 is 0 Å². The number of hydrogen-bond acceptors (Lipinski definition) is 7. The summed E-state index contributed by atoms with van der Waals surface area (Å²) in [5.74, 6) is -0.248. The standard InChI is InChI=1S/C22H19FN4OS2/c23-16-3-1-15(2-4-16)19-13-29-21(25-19)20-14-30-22(26-20)24-17-5-7-18(8-6-17)27-9-11-28-12-10-27/h1-8,13-14H,9-12H2,(H,24,26). The van der Waals surface area contributed by atoms with Gasteiger partial charge in [0.05, 0.1) is 18.9 Å². The van der Waals surface area contributed by atoms with Crippen LogP contribution in [0.5, 0.6) is 0 Å². The number of rotatable bonds is 5. The Morgan fingerprint density at radius 3 is 2.37 bits per heavy atom. The average molecular weight is 439 g/mol. The number of thiazole rings is 2. The van der Waals surface area contributed by atoms with Gasteiger partial charge in [0.15, 0.2) is 5.13 Å². The van der Waals surface area contributed by atoms with Gasteiger partial charge in [0.25, 0.3) is 0 Å². The van der Waals surface area contributed by atoms with Gasteiger partial charge in [-0.05, 0) is 48.5 Å². The number of hydrogen-bond donors (Lipinski definition) is 1. The van der Waals surface area contributed by atoms with Crippen molar-refractivity contribution < 1.29 is 9.13 Å². The molecule has 0 spiro atoms. The second kappa shape index (κ2) is 8.51. The first-order chi connectivity index (χ1) is 14.7. The van der Waals surface area contributed by atoms with E-state index in [4.69, 9.17) is 4.74 Å². The second-order valence-electron chi connectivity index (χ2n) is 6.85. The molecule has 152 valence electrons. The Morgan fingerprint density at radius 2 is 1.60 bits per heavy atom. The largest absolute Gasteiger partial charge is 0.378 e. The summed E-state index contributed by atoms with van der Waals surface area (Å²) in [7, 11) is 0. The van der Waals surface area contributed by atoms with E-state index in [1.54, 1.807) is 23.5 Å². The Labute approximate surface area is 181 Å². The molecule has 0 radical (unpaired) electrons. The molecule has 1 saturated heterocycles. The van der Waals surface area contributed by atoms with Crippen LogP contribution in [0, 0.1) is 5.82 Å². The molecule has 1 N–H and O–H groups in total. The summed E-state index contributed by atoms with van der Waals surface area (Å²) in [4.78, 5) is 11.7. The highest BCUT2D eigenvalue weighted by Gasteiger charge is 2.12. The van der Waals surface area contributed by atoms with Gasteiger partial charge in [0.1, 0.15) is 16.5 Å². The highest BCUT2D eigenvalue weighted by atomic mass is 32.1. The first-order valence-corrected chi connectivity index (χ1v) is 11.4. The van der Waals surface area contributed by atoms with Crippen molar-refractivity contribution in [1.29, 1.82) is 0 Å². The molecule has 0 saturated carbocycles. The number of aromatic nitrogens is 2. The Morgan fingerprint density at radius 1 is 0.867 bits per heavy atom. The Balaban J connectivity index is 1.27. The summed E-state index contributed by atoms with van der Waals surface area (Å²) < 4.78 is 18.5. The van der Waals surface area contributed by atoms with Crippen molar-refractivity contribution in [2.24, 2.45) is 0 Å². The minimum atomic E-state index is -0.248. The predicted molar refractivity (Wildman–Crippen MR) is 121 cm³/mol. The third-order valence-electron chi connectivity index (χ3n) is 4.86. The van der Waals surface area contributed by atoms with E-state index >= 15 is 0 Å². The maximum Gasteiger partial charge on any atom is 0.187 e. The molecule has 0 amide bonds. The normalized spacial score (nSPS) is 14.1. The zero-order valence-corrected chi connectivity index (χ0v) is 17.7. The molecule has 1 fully saturated rings. The van der Waals surface area contributed by atoms with Crippen LogP contribution in [-0.2, 0) is 4.74 Å². The van der Waals surface area contributed by atoms with Crippen molar-refractivity contribution in [1.82, 2.24) is 9.97 Å². The van der Waals surface area contributed by atoms with Crippen molar-refractivity contribution in [3.8, 4) is 22.0 Å². The van der Waals surface area contributed by atoms with E-state index in [0.29, 0.717) is 0 Å². The summed E-state index contributed by atoms with van der Waals surface area (Å²) in [6.07, 6.45) is 0. The van der Waals surface area contributed by atoms with Crippen LogP contribution in [0.2, 0.25) is 0 Å². The van der Waals surface area contributed by atoms with Gasteiger partial charge in [0, 0.05) is 40.8 Å². The molecule has 0 bridgehead atoms. The van der Waals surface area contributed by atoms with Gasteiger partial charge in [-0.25, -0.2) is 14.4 Å². The first-order valence-electron chi connectivity index (χ1n) is 9.62. The number of morpholine rings is 1. The van der Waals surface area contributed by atoms with Crippen LogP contribution in [0.1, 0.15) is 0 Å². The van der Waals surface area contributed by atoms with Crippen molar-refractivity contribution in [2.45, 2.75) is 0 Å².